The summed E-state index contributed by atoms with van der Waals surface area (Å²) in [7, 11) is 0. The molecular formula is C28H24O. The second kappa shape index (κ2) is 6.63. The molecule has 29 heavy (non-hydrogen) atoms. The molecule has 4 aromatic carbocycles. The maximum Gasteiger partial charge on any atom is 0.136 e. The monoisotopic (exact) mass is 376 g/mol. The molecule has 0 unspecified atom stereocenters. The van der Waals surface area contributed by atoms with Gasteiger partial charge in [-0.2, -0.15) is 0 Å². The highest BCUT2D eigenvalue weighted by Crippen LogP contribution is 2.45. The van der Waals surface area contributed by atoms with Crippen molar-refractivity contribution in [2.24, 2.45) is 0 Å². The molecule has 0 saturated heterocycles. The predicted octanol–water partition coefficient (Wildman–Crippen LogP) is 8.22. The van der Waals surface area contributed by atoms with E-state index >= 15 is 0 Å². The Morgan fingerprint density at radius 3 is 1.72 bits per heavy atom. The average Bonchev–Trinajstić information content (AvgIpc) is 3.12. The average molecular weight is 376 g/mol. The molecule has 0 aliphatic carbocycles. The lowest BCUT2D eigenvalue weighted by Crippen LogP contribution is -2.13. The number of benzene rings is 4. The predicted molar refractivity (Wildman–Crippen MR) is 123 cm³/mol. The maximum absolute atomic E-state index is 6.34. The maximum atomic E-state index is 6.34. The number of hydrogen-bond donors (Lipinski definition) is 0. The highest BCUT2D eigenvalue weighted by Gasteiger charge is 2.26. The minimum atomic E-state index is -0.0364. The largest absolute Gasteiger partial charge is 0.456 e. The SMILES string of the molecule is CC(C)(C)c1c(-c2ccccc2)ccc2oc3cccc(-c4ccccc4)c3c12. The van der Waals surface area contributed by atoms with E-state index in [1.54, 1.807) is 0 Å². The van der Waals surface area contributed by atoms with Crippen molar-refractivity contribution in [1.29, 1.82) is 0 Å². The highest BCUT2D eigenvalue weighted by atomic mass is 16.3. The summed E-state index contributed by atoms with van der Waals surface area (Å²) in [5.41, 5.74) is 8.14. The summed E-state index contributed by atoms with van der Waals surface area (Å²) in [6, 6.07) is 32.0. The topological polar surface area (TPSA) is 13.1 Å². The molecule has 0 N–H and O–H groups in total. The fourth-order valence-electron chi connectivity index (χ4n) is 4.40. The number of hydrogen-bond acceptors (Lipinski definition) is 1. The molecule has 1 aromatic heterocycles. The Bertz CT molecular complexity index is 1300. The summed E-state index contributed by atoms with van der Waals surface area (Å²) < 4.78 is 6.34. The van der Waals surface area contributed by atoms with E-state index in [9.17, 15) is 0 Å². The van der Waals surface area contributed by atoms with Crippen molar-refractivity contribution >= 4 is 21.9 Å². The van der Waals surface area contributed by atoms with Crippen LogP contribution in [0.15, 0.2) is 95.4 Å². The van der Waals surface area contributed by atoms with Crippen molar-refractivity contribution in [3.05, 3.63) is 96.6 Å². The fourth-order valence-corrected chi connectivity index (χ4v) is 4.40. The molecule has 0 bridgehead atoms. The summed E-state index contributed by atoms with van der Waals surface area (Å²) in [5.74, 6) is 0. The van der Waals surface area contributed by atoms with Crippen molar-refractivity contribution in [3.8, 4) is 22.3 Å². The van der Waals surface area contributed by atoms with Gasteiger partial charge in [-0.15, -0.1) is 0 Å². The Balaban J connectivity index is 1.96. The van der Waals surface area contributed by atoms with Crippen LogP contribution in [0.3, 0.4) is 0 Å². The first-order chi connectivity index (χ1) is 14.0. The van der Waals surface area contributed by atoms with Gasteiger partial charge in [-0.25, -0.2) is 0 Å². The third kappa shape index (κ3) is 2.94. The van der Waals surface area contributed by atoms with Gasteiger partial charge < -0.3 is 4.42 Å². The van der Waals surface area contributed by atoms with Gasteiger partial charge >= 0.3 is 0 Å². The van der Waals surface area contributed by atoms with E-state index < -0.39 is 0 Å². The summed E-state index contributed by atoms with van der Waals surface area (Å²) in [6.07, 6.45) is 0. The van der Waals surface area contributed by atoms with Gasteiger partial charge in [0.2, 0.25) is 0 Å². The summed E-state index contributed by atoms with van der Waals surface area (Å²) in [4.78, 5) is 0. The minimum absolute atomic E-state index is 0.0364. The summed E-state index contributed by atoms with van der Waals surface area (Å²) >= 11 is 0. The van der Waals surface area contributed by atoms with Crippen molar-refractivity contribution in [2.75, 3.05) is 0 Å². The van der Waals surface area contributed by atoms with E-state index in [1.165, 1.54) is 38.6 Å². The summed E-state index contributed by atoms with van der Waals surface area (Å²) in [6.45, 7) is 6.87. The van der Waals surface area contributed by atoms with Gasteiger partial charge in [0.25, 0.3) is 0 Å². The molecular weight excluding hydrogens is 352 g/mol. The molecule has 0 radical (unpaired) electrons. The van der Waals surface area contributed by atoms with E-state index in [4.69, 9.17) is 4.42 Å². The second-order valence-corrected chi connectivity index (χ2v) is 8.62. The van der Waals surface area contributed by atoms with Crippen molar-refractivity contribution in [3.63, 3.8) is 0 Å². The van der Waals surface area contributed by atoms with E-state index in [0.29, 0.717) is 0 Å². The lowest BCUT2D eigenvalue weighted by atomic mass is 9.78. The smallest absolute Gasteiger partial charge is 0.136 e. The number of rotatable bonds is 2. The Labute approximate surface area is 171 Å². The Morgan fingerprint density at radius 2 is 1.10 bits per heavy atom. The molecule has 1 heterocycles. The minimum Gasteiger partial charge on any atom is -0.456 e. The van der Waals surface area contributed by atoms with Gasteiger partial charge in [-0.1, -0.05) is 99.6 Å². The zero-order valence-corrected chi connectivity index (χ0v) is 17.1. The molecule has 0 spiro atoms. The van der Waals surface area contributed by atoms with Crippen LogP contribution in [-0.2, 0) is 5.41 Å². The molecule has 1 heteroatoms. The van der Waals surface area contributed by atoms with Gasteiger partial charge in [-0.3, -0.25) is 0 Å². The zero-order chi connectivity index (χ0) is 20.0. The van der Waals surface area contributed by atoms with Gasteiger partial charge in [-0.05, 0) is 45.4 Å². The van der Waals surface area contributed by atoms with Crippen LogP contribution in [0, 0.1) is 0 Å². The second-order valence-electron chi connectivity index (χ2n) is 8.62. The first-order valence-corrected chi connectivity index (χ1v) is 10.1. The van der Waals surface area contributed by atoms with E-state index in [-0.39, 0.29) is 5.41 Å². The molecule has 0 atom stereocenters. The molecule has 0 amide bonds. The first-order valence-electron chi connectivity index (χ1n) is 10.1. The van der Waals surface area contributed by atoms with Crippen molar-refractivity contribution in [1.82, 2.24) is 0 Å². The van der Waals surface area contributed by atoms with Crippen LogP contribution in [0.2, 0.25) is 0 Å². The normalized spacial score (nSPS) is 12.0. The molecule has 0 fully saturated rings. The quantitative estimate of drug-likeness (QED) is 0.302. The Kier molecular flexibility index (Phi) is 4.06. The van der Waals surface area contributed by atoms with Crippen LogP contribution in [0.25, 0.3) is 44.2 Å². The van der Waals surface area contributed by atoms with Crippen molar-refractivity contribution in [2.45, 2.75) is 26.2 Å². The molecule has 0 aliphatic heterocycles. The van der Waals surface area contributed by atoms with Crippen LogP contribution in [0.5, 0.6) is 0 Å². The third-order valence-corrected chi connectivity index (χ3v) is 5.58. The van der Waals surface area contributed by atoms with Gasteiger partial charge in [0.15, 0.2) is 0 Å². The van der Waals surface area contributed by atoms with Crippen LogP contribution < -0.4 is 0 Å². The summed E-state index contributed by atoms with van der Waals surface area (Å²) in [5, 5.41) is 2.43. The standard InChI is InChI=1S/C28H24O/c1-28(2,3)27-22(20-13-8-5-9-14-20)17-18-24-26(27)25-21(15-10-16-23(25)29-24)19-11-6-4-7-12-19/h4-18H,1-3H3. The lowest BCUT2D eigenvalue weighted by molar-refractivity contribution is 0.596. The molecule has 0 aliphatic rings. The first kappa shape index (κ1) is 17.8. The van der Waals surface area contributed by atoms with Crippen LogP contribution in [0.1, 0.15) is 26.3 Å². The number of furan rings is 1. The highest BCUT2D eigenvalue weighted by molar-refractivity contribution is 6.15. The number of fused-ring (bicyclic) bond motifs is 3. The molecule has 1 nitrogen and oxygen atoms in total. The molecule has 0 saturated carbocycles. The lowest BCUT2D eigenvalue weighted by Gasteiger charge is -2.24. The van der Waals surface area contributed by atoms with Crippen LogP contribution in [0.4, 0.5) is 0 Å². The van der Waals surface area contributed by atoms with Crippen LogP contribution in [-0.4, -0.2) is 0 Å². The van der Waals surface area contributed by atoms with Crippen molar-refractivity contribution < 1.29 is 4.42 Å². The Morgan fingerprint density at radius 1 is 0.517 bits per heavy atom. The third-order valence-electron chi connectivity index (χ3n) is 5.58. The van der Waals surface area contributed by atoms with Gasteiger partial charge in [0.1, 0.15) is 11.2 Å². The van der Waals surface area contributed by atoms with E-state index in [0.717, 1.165) is 11.2 Å². The molecule has 142 valence electrons. The van der Waals surface area contributed by atoms with Gasteiger partial charge in [0, 0.05) is 10.8 Å². The molecule has 5 aromatic rings. The Hall–Kier alpha value is -3.32. The van der Waals surface area contributed by atoms with Gasteiger partial charge in [0.05, 0.1) is 0 Å². The molecule has 5 rings (SSSR count). The van der Waals surface area contributed by atoms with E-state index in [1.807, 2.05) is 0 Å². The zero-order valence-electron chi connectivity index (χ0n) is 17.1. The van der Waals surface area contributed by atoms with Crippen LogP contribution >= 0.6 is 0 Å². The van der Waals surface area contributed by atoms with E-state index in [2.05, 4.69) is 112 Å². The fraction of sp³-hybridized carbons (Fsp3) is 0.143.